The van der Waals surface area contributed by atoms with Crippen molar-refractivity contribution in [3.05, 3.63) is 29.8 Å². The number of ether oxygens (including phenoxy) is 1. The van der Waals surface area contributed by atoms with Gasteiger partial charge in [-0.25, -0.2) is 0 Å². The predicted octanol–water partition coefficient (Wildman–Crippen LogP) is 2.25. The summed E-state index contributed by atoms with van der Waals surface area (Å²) >= 11 is 0. The molecule has 0 spiro atoms. The molecule has 0 radical (unpaired) electrons. The van der Waals surface area contributed by atoms with Gasteiger partial charge in [-0.3, -0.25) is 9.59 Å². The van der Waals surface area contributed by atoms with Gasteiger partial charge in [-0.2, -0.15) is 0 Å². The molecule has 2 amide bonds. The van der Waals surface area contributed by atoms with Gasteiger partial charge in [0, 0.05) is 11.6 Å². The normalized spacial score (nSPS) is 11.7. The Morgan fingerprint density at radius 1 is 1.33 bits per heavy atom. The highest BCUT2D eigenvalue weighted by atomic mass is 16.5. The second-order valence-electron chi connectivity index (χ2n) is 5.15. The lowest BCUT2D eigenvalue weighted by Gasteiger charge is -2.14. The van der Waals surface area contributed by atoms with Crippen molar-refractivity contribution in [2.45, 2.75) is 45.6 Å². The van der Waals surface area contributed by atoms with Gasteiger partial charge in [-0.1, -0.05) is 32.3 Å². The van der Waals surface area contributed by atoms with E-state index in [2.05, 4.69) is 12.2 Å². The maximum atomic E-state index is 12.1. The molecule has 0 aromatic heterocycles. The number of rotatable bonds is 9. The summed E-state index contributed by atoms with van der Waals surface area (Å²) < 4.78 is 5.19. The van der Waals surface area contributed by atoms with E-state index in [-0.39, 0.29) is 18.6 Å². The summed E-state index contributed by atoms with van der Waals surface area (Å²) in [6.07, 6.45) is 4.42. The number of nitrogens with one attached hydrogen (secondary N) is 1. The Kier molecular flexibility index (Phi) is 7.29. The van der Waals surface area contributed by atoms with Crippen LogP contribution in [-0.4, -0.2) is 24.5 Å². The van der Waals surface area contributed by atoms with Crippen molar-refractivity contribution in [3.63, 3.8) is 0 Å². The molecule has 1 unspecified atom stereocenters. The molecule has 21 heavy (non-hydrogen) atoms. The van der Waals surface area contributed by atoms with Crippen molar-refractivity contribution in [1.29, 1.82) is 0 Å². The van der Waals surface area contributed by atoms with E-state index in [0.717, 1.165) is 12.8 Å². The number of hydrogen-bond acceptors (Lipinski definition) is 3. The molecule has 0 bridgehead atoms. The van der Waals surface area contributed by atoms with Crippen LogP contribution in [0.5, 0.6) is 5.75 Å². The second kappa shape index (κ2) is 9.00. The zero-order valence-electron chi connectivity index (χ0n) is 12.7. The molecule has 0 saturated heterocycles. The van der Waals surface area contributed by atoms with Crippen molar-refractivity contribution in [3.8, 4) is 5.75 Å². The Hall–Kier alpha value is -2.04. The van der Waals surface area contributed by atoms with E-state index in [4.69, 9.17) is 10.5 Å². The van der Waals surface area contributed by atoms with E-state index in [1.54, 1.807) is 24.3 Å². The number of hydrogen-bond donors (Lipinski definition) is 2. The summed E-state index contributed by atoms with van der Waals surface area (Å²) in [5.41, 5.74) is 5.53. The van der Waals surface area contributed by atoms with Gasteiger partial charge in [0.2, 0.25) is 0 Å². The SMILES string of the molecule is CCCCCC(C)NC(=O)c1cccc(OCC(N)=O)c1. The first-order valence-electron chi connectivity index (χ1n) is 7.35. The Morgan fingerprint density at radius 2 is 2.10 bits per heavy atom. The summed E-state index contributed by atoms with van der Waals surface area (Å²) in [4.78, 5) is 22.8. The van der Waals surface area contributed by atoms with Crippen LogP contribution in [0.4, 0.5) is 0 Å². The minimum atomic E-state index is -0.547. The van der Waals surface area contributed by atoms with Gasteiger partial charge in [0.25, 0.3) is 11.8 Å². The average Bonchev–Trinajstić information content (AvgIpc) is 2.45. The van der Waals surface area contributed by atoms with Crippen LogP contribution in [0, 0.1) is 0 Å². The molecule has 1 aromatic rings. The third-order valence-corrected chi connectivity index (χ3v) is 3.10. The first-order valence-corrected chi connectivity index (χ1v) is 7.35. The van der Waals surface area contributed by atoms with Gasteiger partial charge in [-0.05, 0) is 31.5 Å². The average molecular weight is 292 g/mol. The maximum Gasteiger partial charge on any atom is 0.255 e. The quantitative estimate of drug-likeness (QED) is 0.685. The molecule has 1 aromatic carbocycles. The van der Waals surface area contributed by atoms with Crippen LogP contribution in [0.2, 0.25) is 0 Å². The van der Waals surface area contributed by atoms with Crippen LogP contribution >= 0.6 is 0 Å². The van der Waals surface area contributed by atoms with E-state index in [0.29, 0.717) is 11.3 Å². The number of nitrogens with two attached hydrogens (primary N) is 1. The summed E-state index contributed by atoms with van der Waals surface area (Å²) in [5.74, 6) is -0.224. The van der Waals surface area contributed by atoms with E-state index in [9.17, 15) is 9.59 Å². The van der Waals surface area contributed by atoms with Crippen LogP contribution in [0.3, 0.4) is 0 Å². The van der Waals surface area contributed by atoms with E-state index in [1.165, 1.54) is 12.8 Å². The third kappa shape index (κ3) is 6.79. The summed E-state index contributed by atoms with van der Waals surface area (Å²) in [5, 5.41) is 2.96. The fourth-order valence-electron chi connectivity index (χ4n) is 1.96. The number of amides is 2. The predicted molar refractivity (Wildman–Crippen MR) is 82.2 cm³/mol. The monoisotopic (exact) mass is 292 g/mol. The molecule has 0 saturated carbocycles. The van der Waals surface area contributed by atoms with E-state index >= 15 is 0 Å². The van der Waals surface area contributed by atoms with Crippen molar-refractivity contribution in [1.82, 2.24) is 5.32 Å². The van der Waals surface area contributed by atoms with Crippen LogP contribution in [0.25, 0.3) is 0 Å². The molecule has 0 aliphatic carbocycles. The Labute approximate surface area is 125 Å². The van der Waals surface area contributed by atoms with Gasteiger partial charge < -0.3 is 15.8 Å². The number of carbonyl (C=O) groups is 2. The first-order chi connectivity index (χ1) is 10.0. The van der Waals surface area contributed by atoms with Crippen LogP contribution in [-0.2, 0) is 4.79 Å². The fourth-order valence-corrected chi connectivity index (χ4v) is 1.96. The third-order valence-electron chi connectivity index (χ3n) is 3.10. The topological polar surface area (TPSA) is 81.4 Å². The molecular weight excluding hydrogens is 268 g/mol. The molecule has 1 rings (SSSR count). The molecule has 5 nitrogen and oxygen atoms in total. The zero-order chi connectivity index (χ0) is 15.7. The Balaban J connectivity index is 2.53. The van der Waals surface area contributed by atoms with Gasteiger partial charge in [0.1, 0.15) is 5.75 Å². The maximum absolute atomic E-state index is 12.1. The van der Waals surface area contributed by atoms with Crippen LogP contribution in [0.15, 0.2) is 24.3 Å². The summed E-state index contributed by atoms with van der Waals surface area (Å²) in [6.45, 7) is 3.96. The molecule has 116 valence electrons. The van der Waals surface area contributed by atoms with Crippen molar-refractivity contribution in [2.24, 2.45) is 5.73 Å². The van der Waals surface area contributed by atoms with Crippen molar-refractivity contribution >= 4 is 11.8 Å². The standard InChI is InChI=1S/C16H24N2O3/c1-3-4-5-7-12(2)18-16(20)13-8-6-9-14(10-13)21-11-15(17)19/h6,8-10,12H,3-5,7,11H2,1-2H3,(H2,17,19)(H,18,20). The lowest BCUT2D eigenvalue weighted by molar-refractivity contribution is -0.119. The lowest BCUT2D eigenvalue weighted by atomic mass is 10.1. The van der Waals surface area contributed by atoms with Crippen molar-refractivity contribution < 1.29 is 14.3 Å². The van der Waals surface area contributed by atoms with E-state index in [1.807, 2.05) is 6.92 Å². The fraction of sp³-hybridized carbons (Fsp3) is 0.500. The Morgan fingerprint density at radius 3 is 2.76 bits per heavy atom. The van der Waals surface area contributed by atoms with Crippen LogP contribution < -0.4 is 15.8 Å². The minimum Gasteiger partial charge on any atom is -0.484 e. The zero-order valence-corrected chi connectivity index (χ0v) is 12.7. The molecular formula is C16H24N2O3. The molecule has 0 aliphatic rings. The van der Waals surface area contributed by atoms with Crippen LogP contribution in [0.1, 0.15) is 49.9 Å². The highest BCUT2D eigenvalue weighted by Crippen LogP contribution is 2.13. The van der Waals surface area contributed by atoms with Gasteiger partial charge in [0.15, 0.2) is 6.61 Å². The summed E-state index contributed by atoms with van der Waals surface area (Å²) in [7, 11) is 0. The molecule has 0 heterocycles. The van der Waals surface area contributed by atoms with E-state index < -0.39 is 5.91 Å². The number of primary amides is 1. The highest BCUT2D eigenvalue weighted by Gasteiger charge is 2.10. The lowest BCUT2D eigenvalue weighted by Crippen LogP contribution is -2.32. The number of unbranched alkanes of at least 4 members (excludes halogenated alkanes) is 2. The molecule has 5 heteroatoms. The smallest absolute Gasteiger partial charge is 0.255 e. The highest BCUT2D eigenvalue weighted by molar-refractivity contribution is 5.94. The van der Waals surface area contributed by atoms with Gasteiger partial charge in [-0.15, -0.1) is 0 Å². The Bertz CT molecular complexity index is 474. The second-order valence-corrected chi connectivity index (χ2v) is 5.15. The molecule has 3 N–H and O–H groups in total. The summed E-state index contributed by atoms with van der Waals surface area (Å²) in [6, 6.07) is 6.86. The van der Waals surface area contributed by atoms with Gasteiger partial charge in [0.05, 0.1) is 0 Å². The first kappa shape index (κ1) is 17.0. The number of carbonyl (C=O) groups excluding carboxylic acids is 2. The largest absolute Gasteiger partial charge is 0.484 e. The van der Waals surface area contributed by atoms with Crippen molar-refractivity contribution in [2.75, 3.05) is 6.61 Å². The molecule has 0 fully saturated rings. The minimum absolute atomic E-state index is 0.136. The number of benzene rings is 1. The van der Waals surface area contributed by atoms with Gasteiger partial charge >= 0.3 is 0 Å². The molecule has 1 atom stereocenters. The molecule has 0 aliphatic heterocycles.